The van der Waals surface area contributed by atoms with Crippen LogP contribution in [0.25, 0.3) is 0 Å². The van der Waals surface area contributed by atoms with Gasteiger partial charge < -0.3 is 10.5 Å². The van der Waals surface area contributed by atoms with Crippen molar-refractivity contribution in [3.05, 3.63) is 23.0 Å². The van der Waals surface area contributed by atoms with Crippen LogP contribution in [0.3, 0.4) is 0 Å². The van der Waals surface area contributed by atoms with Crippen molar-refractivity contribution >= 4 is 17.3 Å². The lowest BCUT2D eigenvalue weighted by Crippen LogP contribution is -2.02. The Labute approximate surface area is 80.4 Å². The molecule has 1 aliphatic rings. The molecule has 0 aromatic heterocycles. The number of benzene rings is 1. The first kappa shape index (κ1) is 8.63. The zero-order valence-corrected chi connectivity index (χ0v) is 7.64. The first-order valence-corrected chi connectivity index (χ1v) is 4.46. The average molecular weight is 202 g/mol. The van der Waals surface area contributed by atoms with Crippen LogP contribution in [0.4, 0.5) is 10.1 Å². The predicted molar refractivity (Wildman–Crippen MR) is 49.5 cm³/mol. The highest BCUT2D eigenvalue weighted by Crippen LogP contribution is 2.34. The van der Waals surface area contributed by atoms with Crippen molar-refractivity contribution in [1.29, 1.82) is 0 Å². The van der Waals surface area contributed by atoms with Crippen LogP contribution in [0.15, 0.2) is 12.1 Å². The highest BCUT2D eigenvalue weighted by Gasteiger charge is 2.25. The van der Waals surface area contributed by atoms with Gasteiger partial charge in [0.15, 0.2) is 11.6 Å². The highest BCUT2D eigenvalue weighted by molar-refractivity contribution is 6.30. The van der Waals surface area contributed by atoms with Gasteiger partial charge in [-0.25, -0.2) is 4.39 Å². The zero-order chi connectivity index (χ0) is 9.42. The van der Waals surface area contributed by atoms with E-state index >= 15 is 0 Å². The van der Waals surface area contributed by atoms with Crippen LogP contribution in [-0.2, 0) is 0 Å². The lowest BCUT2D eigenvalue weighted by molar-refractivity contribution is 0.289. The topological polar surface area (TPSA) is 35.2 Å². The van der Waals surface area contributed by atoms with E-state index in [-0.39, 0.29) is 22.6 Å². The maximum atomic E-state index is 13.2. The molecule has 0 spiro atoms. The standard InChI is InChI=1S/C9H9ClFNO/c10-5-3-7(11)9(8(12)4-5)13-6-1-2-6/h3-4,6H,1-2,12H2. The van der Waals surface area contributed by atoms with Gasteiger partial charge in [0.05, 0.1) is 11.8 Å². The molecule has 0 bridgehead atoms. The monoisotopic (exact) mass is 201 g/mol. The molecule has 2 nitrogen and oxygen atoms in total. The molecule has 13 heavy (non-hydrogen) atoms. The number of nitrogen functional groups attached to an aromatic ring is 1. The van der Waals surface area contributed by atoms with E-state index in [2.05, 4.69) is 0 Å². The van der Waals surface area contributed by atoms with Crippen molar-refractivity contribution in [3.63, 3.8) is 0 Å². The molecular formula is C9H9ClFNO. The molecule has 4 heteroatoms. The third-order valence-corrected chi connectivity index (χ3v) is 2.06. The Balaban J connectivity index is 2.31. The molecule has 0 unspecified atom stereocenters. The molecule has 70 valence electrons. The normalized spacial score (nSPS) is 15.8. The summed E-state index contributed by atoms with van der Waals surface area (Å²) in [4.78, 5) is 0. The van der Waals surface area contributed by atoms with Crippen molar-refractivity contribution in [2.75, 3.05) is 5.73 Å². The summed E-state index contributed by atoms with van der Waals surface area (Å²) in [7, 11) is 0. The number of ether oxygens (including phenoxy) is 1. The van der Waals surface area contributed by atoms with Gasteiger partial charge in [-0.3, -0.25) is 0 Å². The molecule has 2 N–H and O–H groups in total. The molecule has 1 aromatic carbocycles. The van der Waals surface area contributed by atoms with Gasteiger partial charge >= 0.3 is 0 Å². The van der Waals surface area contributed by atoms with Crippen molar-refractivity contribution in [2.45, 2.75) is 18.9 Å². The van der Waals surface area contributed by atoms with Gasteiger partial charge in [-0.05, 0) is 25.0 Å². The fourth-order valence-electron chi connectivity index (χ4n) is 1.06. The summed E-state index contributed by atoms with van der Waals surface area (Å²) >= 11 is 5.60. The van der Waals surface area contributed by atoms with E-state index in [0.29, 0.717) is 0 Å². The van der Waals surface area contributed by atoms with Gasteiger partial charge in [-0.1, -0.05) is 11.6 Å². The molecule has 0 amide bonds. The number of rotatable bonds is 2. The third-order valence-electron chi connectivity index (χ3n) is 1.85. The molecule has 1 saturated carbocycles. The Morgan fingerprint density at radius 1 is 1.46 bits per heavy atom. The Kier molecular flexibility index (Phi) is 2.04. The molecule has 1 aliphatic carbocycles. The SMILES string of the molecule is Nc1cc(Cl)cc(F)c1OC1CC1. The minimum atomic E-state index is -0.489. The molecule has 2 rings (SSSR count). The first-order valence-electron chi connectivity index (χ1n) is 4.08. The second-order valence-electron chi connectivity index (χ2n) is 3.12. The summed E-state index contributed by atoms with van der Waals surface area (Å²) in [5, 5.41) is 0.290. The van der Waals surface area contributed by atoms with E-state index in [1.165, 1.54) is 12.1 Å². The van der Waals surface area contributed by atoms with Crippen molar-refractivity contribution in [1.82, 2.24) is 0 Å². The summed E-state index contributed by atoms with van der Waals surface area (Å²) in [6.45, 7) is 0. The van der Waals surface area contributed by atoms with Crippen molar-refractivity contribution < 1.29 is 9.13 Å². The van der Waals surface area contributed by atoms with Gasteiger partial charge in [0.1, 0.15) is 0 Å². The summed E-state index contributed by atoms with van der Waals surface area (Å²) in [6, 6.07) is 2.69. The van der Waals surface area contributed by atoms with Crippen LogP contribution in [0.1, 0.15) is 12.8 Å². The third kappa shape index (κ3) is 1.86. The van der Waals surface area contributed by atoms with E-state index < -0.39 is 5.82 Å². The second kappa shape index (κ2) is 3.07. The van der Waals surface area contributed by atoms with Crippen molar-refractivity contribution in [2.24, 2.45) is 0 Å². The maximum absolute atomic E-state index is 13.2. The summed E-state index contributed by atoms with van der Waals surface area (Å²) in [6.07, 6.45) is 2.08. The fraction of sp³-hybridized carbons (Fsp3) is 0.333. The molecule has 1 fully saturated rings. The first-order chi connectivity index (χ1) is 6.16. The number of nitrogens with two attached hydrogens (primary N) is 1. The van der Waals surface area contributed by atoms with E-state index in [9.17, 15) is 4.39 Å². The molecule has 0 atom stereocenters. The summed E-state index contributed by atoms with van der Waals surface area (Å²) < 4.78 is 18.5. The lowest BCUT2D eigenvalue weighted by atomic mass is 10.3. The van der Waals surface area contributed by atoms with Crippen LogP contribution >= 0.6 is 11.6 Å². The van der Waals surface area contributed by atoms with Gasteiger partial charge in [0, 0.05) is 5.02 Å². The predicted octanol–water partition coefficient (Wildman–Crippen LogP) is 2.60. The Bertz CT molecular complexity index is 315. The second-order valence-corrected chi connectivity index (χ2v) is 3.56. The number of hydrogen-bond acceptors (Lipinski definition) is 2. The van der Waals surface area contributed by atoms with Crippen LogP contribution in [-0.4, -0.2) is 6.10 Å². The van der Waals surface area contributed by atoms with Crippen LogP contribution < -0.4 is 10.5 Å². The average Bonchev–Trinajstić information content (AvgIpc) is 2.79. The molecule has 0 saturated heterocycles. The van der Waals surface area contributed by atoms with Crippen LogP contribution in [0.2, 0.25) is 5.02 Å². The lowest BCUT2D eigenvalue weighted by Gasteiger charge is -2.08. The van der Waals surface area contributed by atoms with Gasteiger partial charge in [0.25, 0.3) is 0 Å². The molecule has 0 aliphatic heterocycles. The number of anilines is 1. The minimum Gasteiger partial charge on any atom is -0.485 e. The molecule has 0 radical (unpaired) electrons. The Morgan fingerprint density at radius 2 is 2.15 bits per heavy atom. The number of hydrogen-bond donors (Lipinski definition) is 1. The quantitative estimate of drug-likeness (QED) is 0.747. The van der Waals surface area contributed by atoms with E-state index in [4.69, 9.17) is 22.1 Å². The zero-order valence-electron chi connectivity index (χ0n) is 6.89. The number of halogens is 2. The summed E-state index contributed by atoms with van der Waals surface area (Å²) in [5.74, 6) is -0.358. The van der Waals surface area contributed by atoms with E-state index in [1.54, 1.807) is 0 Å². The van der Waals surface area contributed by atoms with Gasteiger partial charge in [-0.2, -0.15) is 0 Å². The fourth-order valence-corrected chi connectivity index (χ4v) is 1.27. The summed E-state index contributed by atoms with van der Waals surface area (Å²) in [5.41, 5.74) is 5.81. The molecule has 1 aromatic rings. The van der Waals surface area contributed by atoms with E-state index in [0.717, 1.165) is 12.8 Å². The van der Waals surface area contributed by atoms with Crippen molar-refractivity contribution in [3.8, 4) is 5.75 Å². The minimum absolute atomic E-state index is 0.131. The van der Waals surface area contributed by atoms with Gasteiger partial charge in [-0.15, -0.1) is 0 Å². The van der Waals surface area contributed by atoms with E-state index in [1.807, 2.05) is 0 Å². The Hall–Kier alpha value is -0.960. The highest BCUT2D eigenvalue weighted by atomic mass is 35.5. The smallest absolute Gasteiger partial charge is 0.178 e. The van der Waals surface area contributed by atoms with Gasteiger partial charge in [0.2, 0.25) is 0 Å². The largest absolute Gasteiger partial charge is 0.485 e. The molecular weight excluding hydrogens is 193 g/mol. The van der Waals surface area contributed by atoms with Crippen LogP contribution in [0, 0.1) is 5.82 Å². The maximum Gasteiger partial charge on any atom is 0.178 e. The van der Waals surface area contributed by atoms with Crippen LogP contribution in [0.5, 0.6) is 5.75 Å². The molecule has 0 heterocycles. The Morgan fingerprint density at radius 3 is 2.69 bits per heavy atom.